The molecule has 3 rings (SSSR count). The minimum atomic E-state index is -1.70. The van der Waals surface area contributed by atoms with Crippen molar-refractivity contribution >= 4 is 25.8 Å². The second-order valence-corrected chi connectivity index (χ2v) is 13.4. The van der Waals surface area contributed by atoms with E-state index in [4.69, 9.17) is 54.9 Å². The van der Waals surface area contributed by atoms with Gasteiger partial charge in [-0.2, -0.15) is 0 Å². The summed E-state index contributed by atoms with van der Waals surface area (Å²) in [4.78, 5) is 0. The summed E-state index contributed by atoms with van der Waals surface area (Å²) in [5.74, 6) is 0. The fourth-order valence-corrected chi connectivity index (χ4v) is 8.01. The lowest BCUT2D eigenvalue weighted by atomic mass is 10.1. The van der Waals surface area contributed by atoms with Gasteiger partial charge in [-0.3, -0.25) is 0 Å². The average molecular weight is 665 g/mol. The molecule has 8 unspecified atom stereocenters. The molecular formula is C26H51O13P3. The standard InChI is InChI=1S/C26H51O13P3/c1-6-11-32-40(33-12-7-2)37-22(16-27)21-15-20(17-28-21)36-42(31-10-5)39-24-19-30-25-23(18-29-26(24)25)38-41(34-13-8-3)35-14-9-4/h20-27H,6-19H2,1-5H3. The fraction of sp³-hybridized carbons (Fsp3) is 1.00. The highest BCUT2D eigenvalue weighted by molar-refractivity contribution is 7.42. The predicted octanol–water partition coefficient (Wildman–Crippen LogP) is 5.53. The summed E-state index contributed by atoms with van der Waals surface area (Å²) >= 11 is 0. The van der Waals surface area contributed by atoms with E-state index >= 15 is 0 Å². The molecule has 16 heteroatoms. The molecule has 248 valence electrons. The van der Waals surface area contributed by atoms with Crippen molar-refractivity contribution in [2.24, 2.45) is 0 Å². The lowest BCUT2D eigenvalue weighted by molar-refractivity contribution is -0.0268. The van der Waals surface area contributed by atoms with E-state index in [0.29, 0.717) is 59.3 Å². The first kappa shape index (κ1) is 37.2. The van der Waals surface area contributed by atoms with E-state index < -0.39 is 31.9 Å². The highest BCUT2D eigenvalue weighted by Gasteiger charge is 2.51. The van der Waals surface area contributed by atoms with E-state index in [2.05, 4.69) is 0 Å². The van der Waals surface area contributed by atoms with Gasteiger partial charge in [0.25, 0.3) is 0 Å². The van der Waals surface area contributed by atoms with Gasteiger partial charge in [-0.05, 0) is 32.6 Å². The van der Waals surface area contributed by atoms with Crippen LogP contribution in [0.2, 0.25) is 0 Å². The van der Waals surface area contributed by atoms with Crippen molar-refractivity contribution in [2.75, 3.05) is 59.5 Å². The van der Waals surface area contributed by atoms with Crippen LogP contribution in [0, 0.1) is 0 Å². The third-order valence-corrected chi connectivity index (χ3v) is 10.1. The maximum Gasteiger partial charge on any atom is 0.333 e. The summed E-state index contributed by atoms with van der Waals surface area (Å²) < 4.78 is 71.5. The number of fused-ring (bicyclic) bond motifs is 1. The molecule has 0 aromatic carbocycles. The van der Waals surface area contributed by atoms with Crippen molar-refractivity contribution in [1.82, 2.24) is 0 Å². The molecule has 8 atom stereocenters. The summed E-state index contributed by atoms with van der Waals surface area (Å²) in [6.07, 6.45) is 1.37. The zero-order valence-electron chi connectivity index (χ0n) is 25.6. The Balaban J connectivity index is 1.49. The molecule has 3 heterocycles. The Labute approximate surface area is 254 Å². The van der Waals surface area contributed by atoms with Gasteiger partial charge in [0, 0.05) is 6.42 Å². The largest absolute Gasteiger partial charge is 0.394 e. The van der Waals surface area contributed by atoms with Crippen molar-refractivity contribution < 1.29 is 60.0 Å². The number of hydrogen-bond acceptors (Lipinski definition) is 13. The van der Waals surface area contributed by atoms with E-state index in [9.17, 15) is 5.11 Å². The average Bonchev–Trinajstić information content (AvgIpc) is 3.73. The van der Waals surface area contributed by atoms with Gasteiger partial charge in [-0.15, -0.1) is 0 Å². The van der Waals surface area contributed by atoms with E-state index in [0.717, 1.165) is 25.7 Å². The second-order valence-electron chi connectivity index (χ2n) is 9.97. The number of rotatable bonds is 24. The van der Waals surface area contributed by atoms with Gasteiger partial charge < -0.3 is 60.0 Å². The monoisotopic (exact) mass is 664 g/mol. The fourth-order valence-electron chi connectivity index (χ4n) is 4.29. The van der Waals surface area contributed by atoms with Crippen molar-refractivity contribution in [3.8, 4) is 0 Å². The third-order valence-electron chi connectivity index (χ3n) is 6.29. The van der Waals surface area contributed by atoms with Crippen LogP contribution in [0.25, 0.3) is 0 Å². The Kier molecular flexibility index (Phi) is 19.1. The Morgan fingerprint density at radius 1 is 0.643 bits per heavy atom. The van der Waals surface area contributed by atoms with Crippen molar-refractivity contribution in [2.45, 2.75) is 109 Å². The smallest absolute Gasteiger partial charge is 0.333 e. The molecule has 3 fully saturated rings. The Morgan fingerprint density at radius 2 is 1.17 bits per heavy atom. The molecule has 42 heavy (non-hydrogen) atoms. The van der Waals surface area contributed by atoms with Crippen LogP contribution in [0.4, 0.5) is 0 Å². The van der Waals surface area contributed by atoms with Crippen LogP contribution >= 0.6 is 25.8 Å². The molecule has 0 radical (unpaired) electrons. The lowest BCUT2D eigenvalue weighted by Crippen LogP contribution is -2.33. The van der Waals surface area contributed by atoms with Gasteiger partial charge in [-0.25, -0.2) is 0 Å². The summed E-state index contributed by atoms with van der Waals surface area (Å²) in [6, 6.07) is 0. The first-order chi connectivity index (χ1) is 20.6. The minimum Gasteiger partial charge on any atom is -0.394 e. The lowest BCUT2D eigenvalue weighted by Gasteiger charge is -2.26. The van der Waals surface area contributed by atoms with E-state index in [1.165, 1.54) is 0 Å². The summed E-state index contributed by atoms with van der Waals surface area (Å²) in [5, 5.41) is 10.0. The zero-order chi connectivity index (χ0) is 30.2. The van der Waals surface area contributed by atoms with Gasteiger partial charge in [0.15, 0.2) is 0 Å². The van der Waals surface area contributed by atoms with E-state index in [1.807, 2.05) is 34.6 Å². The quantitative estimate of drug-likeness (QED) is 0.130. The molecule has 0 aliphatic carbocycles. The Bertz CT molecular complexity index is 686. The molecule has 0 bridgehead atoms. The molecule has 1 N–H and O–H groups in total. The molecule has 3 saturated heterocycles. The predicted molar refractivity (Wildman–Crippen MR) is 158 cm³/mol. The van der Waals surface area contributed by atoms with Crippen molar-refractivity contribution in [3.63, 3.8) is 0 Å². The molecule has 3 aliphatic rings. The summed E-state index contributed by atoms with van der Waals surface area (Å²) in [7, 11) is -4.76. The zero-order valence-corrected chi connectivity index (χ0v) is 28.3. The van der Waals surface area contributed by atoms with E-state index in [-0.39, 0.29) is 43.2 Å². The maximum atomic E-state index is 10.0. The topological polar surface area (TPSA) is 131 Å². The normalized spacial score (nSPS) is 29.1. The molecule has 13 nitrogen and oxygen atoms in total. The molecule has 0 amide bonds. The number of ether oxygens (including phenoxy) is 3. The molecular weight excluding hydrogens is 613 g/mol. The van der Waals surface area contributed by atoms with Gasteiger partial charge in [0.1, 0.15) is 30.5 Å². The molecule has 0 spiro atoms. The Morgan fingerprint density at radius 3 is 1.67 bits per heavy atom. The molecule has 0 saturated carbocycles. The summed E-state index contributed by atoms with van der Waals surface area (Å²) in [6.45, 7) is 13.4. The van der Waals surface area contributed by atoms with Crippen LogP contribution < -0.4 is 0 Å². The number of aliphatic hydroxyl groups excluding tert-OH is 1. The van der Waals surface area contributed by atoms with Crippen LogP contribution in [0.1, 0.15) is 66.7 Å². The van der Waals surface area contributed by atoms with Crippen LogP contribution in [0.15, 0.2) is 0 Å². The molecule has 3 aliphatic heterocycles. The molecule has 0 aromatic heterocycles. The van der Waals surface area contributed by atoms with Crippen LogP contribution in [0.3, 0.4) is 0 Å². The highest BCUT2D eigenvalue weighted by atomic mass is 31.2. The SMILES string of the molecule is CCCOP(OCCC)OC(CO)C1CC(OP(OCC)OC2COC3C(OP(OCCC)OCCC)COC23)CO1. The van der Waals surface area contributed by atoms with Gasteiger partial charge >= 0.3 is 25.8 Å². The van der Waals surface area contributed by atoms with Gasteiger partial charge in [0.05, 0.1) is 71.7 Å². The van der Waals surface area contributed by atoms with Gasteiger partial charge in [-0.1, -0.05) is 27.7 Å². The first-order valence-corrected chi connectivity index (χ1v) is 18.5. The van der Waals surface area contributed by atoms with Gasteiger partial charge in [0.2, 0.25) is 0 Å². The van der Waals surface area contributed by atoms with Crippen LogP contribution in [-0.2, 0) is 54.9 Å². The highest BCUT2D eigenvalue weighted by Crippen LogP contribution is 2.49. The van der Waals surface area contributed by atoms with Crippen molar-refractivity contribution in [3.05, 3.63) is 0 Å². The van der Waals surface area contributed by atoms with Crippen molar-refractivity contribution in [1.29, 1.82) is 0 Å². The molecule has 0 aromatic rings. The maximum absolute atomic E-state index is 10.0. The minimum absolute atomic E-state index is 0.226. The number of aliphatic hydroxyl groups is 1. The first-order valence-electron chi connectivity index (χ1n) is 15.2. The van der Waals surface area contributed by atoms with E-state index in [1.54, 1.807) is 0 Å². The number of hydrogen-bond donors (Lipinski definition) is 1. The third kappa shape index (κ3) is 12.2. The Hall–Kier alpha value is 0.770. The second kappa shape index (κ2) is 21.5. The summed E-state index contributed by atoms with van der Waals surface area (Å²) in [5.41, 5.74) is 0. The van der Waals surface area contributed by atoms with Crippen LogP contribution in [0.5, 0.6) is 0 Å². The van der Waals surface area contributed by atoms with Crippen LogP contribution in [-0.4, -0.2) is 107 Å².